The molecule has 182 valence electrons. The summed E-state index contributed by atoms with van der Waals surface area (Å²) in [5.41, 5.74) is 1.91. The number of sulfonamides is 1. The Kier molecular flexibility index (Phi) is 7.40. The number of hydrogen-bond acceptors (Lipinski definition) is 7. The number of rotatable bonds is 7. The fourth-order valence-electron chi connectivity index (χ4n) is 4.09. The molecule has 2 aromatic carbocycles. The summed E-state index contributed by atoms with van der Waals surface area (Å²) >= 11 is 0. The Morgan fingerprint density at radius 1 is 0.943 bits per heavy atom. The summed E-state index contributed by atoms with van der Waals surface area (Å²) in [6, 6.07) is 19.4. The van der Waals surface area contributed by atoms with Crippen LogP contribution < -0.4 is 14.9 Å². The Morgan fingerprint density at radius 3 is 2.23 bits per heavy atom. The van der Waals surface area contributed by atoms with Crippen molar-refractivity contribution in [3.63, 3.8) is 0 Å². The van der Waals surface area contributed by atoms with E-state index in [0.29, 0.717) is 11.6 Å². The first kappa shape index (κ1) is 24.3. The third-order valence-corrected chi connectivity index (χ3v) is 7.34. The minimum absolute atomic E-state index is 0.0811. The molecule has 2 heterocycles. The van der Waals surface area contributed by atoms with Crippen LogP contribution in [0.5, 0.6) is 0 Å². The molecule has 0 bridgehead atoms. The van der Waals surface area contributed by atoms with E-state index in [2.05, 4.69) is 44.7 Å². The van der Waals surface area contributed by atoms with Crippen molar-refractivity contribution in [3.05, 3.63) is 78.0 Å². The van der Waals surface area contributed by atoms with Crippen molar-refractivity contribution in [2.24, 2.45) is 5.92 Å². The number of hydrogen-bond donors (Lipinski definition) is 2. The minimum Gasteiger partial charge on any atom is -0.355 e. The fourth-order valence-corrected chi connectivity index (χ4v) is 5.08. The third-order valence-electron chi connectivity index (χ3n) is 5.89. The number of nitrogens with one attached hydrogen (secondary N) is 2. The average molecular weight is 494 g/mol. The number of carbonyl (C=O) groups excluding carboxylic acids is 2. The molecule has 2 amide bonds. The molecule has 9 nitrogen and oxygen atoms in total. The zero-order valence-corrected chi connectivity index (χ0v) is 20.2. The Bertz CT molecular complexity index is 1270. The van der Waals surface area contributed by atoms with Crippen molar-refractivity contribution in [2.45, 2.75) is 31.1 Å². The predicted molar refractivity (Wildman–Crippen MR) is 133 cm³/mol. The van der Waals surface area contributed by atoms with Gasteiger partial charge in [-0.3, -0.25) is 9.59 Å². The van der Waals surface area contributed by atoms with Crippen molar-refractivity contribution in [1.82, 2.24) is 14.9 Å². The van der Waals surface area contributed by atoms with Gasteiger partial charge in [-0.05, 0) is 67.1 Å². The quantitative estimate of drug-likeness (QED) is 0.519. The van der Waals surface area contributed by atoms with Crippen LogP contribution >= 0.6 is 0 Å². The van der Waals surface area contributed by atoms with Crippen molar-refractivity contribution in [1.29, 1.82) is 0 Å². The van der Waals surface area contributed by atoms with Gasteiger partial charge in [0.05, 0.1) is 4.90 Å². The molecule has 1 fully saturated rings. The highest BCUT2D eigenvalue weighted by Gasteiger charge is 2.21. The molecule has 35 heavy (non-hydrogen) atoms. The molecule has 0 saturated carbocycles. The van der Waals surface area contributed by atoms with Crippen molar-refractivity contribution in [2.75, 3.05) is 23.3 Å². The Labute approximate surface area is 204 Å². The van der Waals surface area contributed by atoms with E-state index >= 15 is 0 Å². The summed E-state index contributed by atoms with van der Waals surface area (Å²) in [6.07, 6.45) is 3.23. The number of benzene rings is 2. The molecule has 2 N–H and O–H groups in total. The lowest BCUT2D eigenvalue weighted by molar-refractivity contribution is -0.117. The van der Waals surface area contributed by atoms with E-state index in [0.717, 1.165) is 45.1 Å². The van der Waals surface area contributed by atoms with Gasteiger partial charge >= 0.3 is 0 Å². The number of carbonyl (C=O) groups is 2. The summed E-state index contributed by atoms with van der Waals surface area (Å²) in [4.78, 5) is 25.7. The van der Waals surface area contributed by atoms with E-state index in [1.54, 1.807) is 12.1 Å². The van der Waals surface area contributed by atoms with E-state index in [1.807, 2.05) is 10.8 Å². The molecule has 1 aromatic heterocycles. The minimum atomic E-state index is -3.93. The second-order valence-corrected chi connectivity index (χ2v) is 10.2. The maximum absolute atomic E-state index is 12.5. The number of anilines is 2. The Balaban J connectivity index is 1.31. The summed E-state index contributed by atoms with van der Waals surface area (Å²) in [5.74, 6) is 0.252. The molecule has 1 saturated heterocycles. The van der Waals surface area contributed by atoms with Crippen LogP contribution in [0, 0.1) is 5.92 Å². The van der Waals surface area contributed by atoms with Gasteiger partial charge in [0.25, 0.3) is 15.9 Å². The summed E-state index contributed by atoms with van der Waals surface area (Å²) in [7, 11) is -3.93. The monoisotopic (exact) mass is 493 g/mol. The average Bonchev–Trinajstić information content (AvgIpc) is 2.85. The van der Waals surface area contributed by atoms with Gasteiger partial charge in [0.1, 0.15) is 0 Å². The summed E-state index contributed by atoms with van der Waals surface area (Å²) < 4.78 is 25.9. The van der Waals surface area contributed by atoms with E-state index in [-0.39, 0.29) is 10.6 Å². The first-order chi connectivity index (χ1) is 16.8. The van der Waals surface area contributed by atoms with Crippen LogP contribution in [0.4, 0.5) is 11.5 Å². The van der Waals surface area contributed by atoms with Crippen LogP contribution in [-0.4, -0.2) is 43.5 Å². The van der Waals surface area contributed by atoms with Gasteiger partial charge in [0.15, 0.2) is 11.5 Å². The lowest BCUT2D eigenvalue weighted by Crippen LogP contribution is -2.35. The van der Waals surface area contributed by atoms with Crippen LogP contribution in [0.25, 0.3) is 0 Å². The molecule has 3 aromatic rings. The molecule has 0 aliphatic carbocycles. The van der Waals surface area contributed by atoms with Crippen LogP contribution in [0.15, 0.2) is 71.6 Å². The standard InChI is InChI=1S/C25H27N5O4S/c1-18(31)29-35(33,34)22-9-7-21(8-10-22)26-25(32)23-11-12-24(28-27-23)30-15-13-20(14-16-30)17-19-5-3-2-4-6-19/h2-12,20H,13-17H2,1H3,(H,26,32)(H,29,31). The molecular weight excluding hydrogens is 466 g/mol. The smallest absolute Gasteiger partial charge is 0.276 e. The largest absolute Gasteiger partial charge is 0.355 e. The second kappa shape index (κ2) is 10.6. The highest BCUT2D eigenvalue weighted by molar-refractivity contribution is 7.90. The van der Waals surface area contributed by atoms with Crippen molar-refractivity contribution in [3.8, 4) is 0 Å². The predicted octanol–water partition coefficient (Wildman–Crippen LogP) is 3.01. The Morgan fingerprint density at radius 2 is 1.63 bits per heavy atom. The molecule has 4 rings (SSSR count). The molecule has 1 aliphatic heterocycles. The molecule has 0 spiro atoms. The fraction of sp³-hybridized carbons (Fsp3) is 0.280. The highest BCUT2D eigenvalue weighted by Crippen LogP contribution is 2.24. The van der Waals surface area contributed by atoms with E-state index in [9.17, 15) is 18.0 Å². The van der Waals surface area contributed by atoms with Crippen molar-refractivity contribution >= 4 is 33.3 Å². The lowest BCUT2D eigenvalue weighted by atomic mass is 9.90. The number of nitrogens with zero attached hydrogens (tertiary/aromatic N) is 3. The Hall–Kier alpha value is -3.79. The van der Waals surface area contributed by atoms with Gasteiger partial charge in [-0.25, -0.2) is 13.1 Å². The zero-order chi connectivity index (χ0) is 24.8. The number of piperidine rings is 1. The number of amides is 2. The van der Waals surface area contributed by atoms with E-state index in [1.165, 1.54) is 29.8 Å². The third kappa shape index (κ3) is 6.42. The maximum Gasteiger partial charge on any atom is 0.276 e. The van der Waals surface area contributed by atoms with Gasteiger partial charge < -0.3 is 10.2 Å². The zero-order valence-electron chi connectivity index (χ0n) is 19.3. The second-order valence-electron chi connectivity index (χ2n) is 8.54. The van der Waals surface area contributed by atoms with Gasteiger partial charge in [-0.1, -0.05) is 30.3 Å². The molecule has 1 aliphatic rings. The normalized spacial score (nSPS) is 14.4. The van der Waals surface area contributed by atoms with Gasteiger partial charge in [0, 0.05) is 25.7 Å². The molecule has 0 radical (unpaired) electrons. The van der Waals surface area contributed by atoms with Crippen LogP contribution in [0.1, 0.15) is 35.8 Å². The van der Waals surface area contributed by atoms with Crippen LogP contribution in [-0.2, 0) is 21.2 Å². The van der Waals surface area contributed by atoms with Gasteiger partial charge in [-0.2, -0.15) is 0 Å². The first-order valence-electron chi connectivity index (χ1n) is 11.4. The van der Waals surface area contributed by atoms with Crippen LogP contribution in [0.2, 0.25) is 0 Å². The molecule has 0 atom stereocenters. The highest BCUT2D eigenvalue weighted by atomic mass is 32.2. The van der Waals surface area contributed by atoms with Crippen molar-refractivity contribution < 1.29 is 18.0 Å². The molecule has 10 heteroatoms. The summed E-state index contributed by atoms with van der Waals surface area (Å²) in [6.45, 7) is 2.91. The van der Waals surface area contributed by atoms with Crippen LogP contribution in [0.3, 0.4) is 0 Å². The van der Waals surface area contributed by atoms with E-state index in [4.69, 9.17) is 0 Å². The number of aromatic nitrogens is 2. The molecule has 0 unspecified atom stereocenters. The lowest BCUT2D eigenvalue weighted by Gasteiger charge is -2.32. The molecular formula is C25H27N5O4S. The maximum atomic E-state index is 12.5. The van der Waals surface area contributed by atoms with Gasteiger partial charge in [0.2, 0.25) is 5.91 Å². The summed E-state index contributed by atoms with van der Waals surface area (Å²) in [5, 5.41) is 11.0. The van der Waals surface area contributed by atoms with Gasteiger partial charge in [-0.15, -0.1) is 10.2 Å². The SMILES string of the molecule is CC(=O)NS(=O)(=O)c1ccc(NC(=O)c2ccc(N3CCC(Cc4ccccc4)CC3)nn2)cc1. The first-order valence-corrected chi connectivity index (χ1v) is 12.9. The topological polar surface area (TPSA) is 121 Å². The van der Waals surface area contributed by atoms with E-state index < -0.39 is 21.8 Å².